The van der Waals surface area contributed by atoms with Gasteiger partial charge in [-0.05, 0) is 59.2 Å². The van der Waals surface area contributed by atoms with Crippen LogP contribution in [0.15, 0.2) is 39.4 Å². The molecule has 0 aliphatic heterocycles. The van der Waals surface area contributed by atoms with Crippen molar-refractivity contribution >= 4 is 39.1 Å². The molecule has 2 nitrogen and oxygen atoms in total. The van der Waals surface area contributed by atoms with Crippen LogP contribution in [0.25, 0.3) is 0 Å². The van der Waals surface area contributed by atoms with Crippen LogP contribution in [0.1, 0.15) is 17.4 Å². The molecule has 1 heterocycles. The minimum Gasteiger partial charge on any atom is -0.453 e. The predicted molar refractivity (Wildman–Crippen MR) is 78.4 cm³/mol. The number of furan rings is 1. The third-order valence-electron chi connectivity index (χ3n) is 2.73. The average Bonchev–Trinajstić information content (AvgIpc) is 2.75. The fraction of sp³-hybridized carbons (Fsp3) is 0.231. The largest absolute Gasteiger partial charge is 0.453 e. The van der Waals surface area contributed by atoms with E-state index in [1.165, 1.54) is 0 Å². The Morgan fingerprint density at radius 3 is 2.61 bits per heavy atom. The zero-order valence-corrected chi connectivity index (χ0v) is 12.8. The van der Waals surface area contributed by atoms with Crippen molar-refractivity contribution in [3.05, 3.63) is 56.4 Å². The molecule has 0 saturated carbocycles. The molecule has 1 unspecified atom stereocenters. The minimum absolute atomic E-state index is 0.0787. The fourth-order valence-electron chi connectivity index (χ4n) is 1.77. The first-order valence-electron chi connectivity index (χ1n) is 5.46. The van der Waals surface area contributed by atoms with E-state index in [2.05, 4.69) is 21.2 Å². The molecule has 5 heteroatoms. The summed E-state index contributed by atoms with van der Waals surface area (Å²) in [6, 6.07) is 9.43. The molecule has 2 aromatic rings. The normalized spacial score (nSPS) is 12.7. The Morgan fingerprint density at radius 2 is 2.06 bits per heavy atom. The van der Waals surface area contributed by atoms with E-state index in [9.17, 15) is 0 Å². The molecular weight excluding hydrogens is 337 g/mol. The summed E-state index contributed by atoms with van der Waals surface area (Å²) in [5, 5.41) is 4.53. The molecule has 0 fully saturated rings. The van der Waals surface area contributed by atoms with Crippen LogP contribution in [0.4, 0.5) is 0 Å². The van der Waals surface area contributed by atoms with E-state index < -0.39 is 0 Å². The molecule has 1 N–H and O–H groups in total. The van der Waals surface area contributed by atoms with E-state index in [4.69, 9.17) is 27.6 Å². The number of halogens is 3. The number of rotatable bonds is 4. The van der Waals surface area contributed by atoms with Crippen LogP contribution in [0.5, 0.6) is 0 Å². The van der Waals surface area contributed by atoms with E-state index in [1.807, 2.05) is 31.3 Å². The predicted octanol–water partition coefficient (Wildman–Crippen LogP) is 4.85. The monoisotopic (exact) mass is 347 g/mol. The fourth-order valence-corrected chi connectivity index (χ4v) is 2.57. The molecule has 0 aliphatic carbocycles. The topological polar surface area (TPSA) is 25.2 Å². The molecule has 0 radical (unpaired) electrons. The molecule has 1 aromatic carbocycles. The van der Waals surface area contributed by atoms with E-state index in [0.717, 1.165) is 22.4 Å². The van der Waals surface area contributed by atoms with Gasteiger partial charge in [-0.1, -0.05) is 29.3 Å². The van der Waals surface area contributed by atoms with E-state index in [0.29, 0.717) is 10.0 Å². The molecule has 1 atom stereocenters. The summed E-state index contributed by atoms with van der Waals surface area (Å²) in [4.78, 5) is 0. The summed E-state index contributed by atoms with van der Waals surface area (Å²) < 4.78 is 6.28. The number of hydrogen-bond donors (Lipinski definition) is 1. The van der Waals surface area contributed by atoms with E-state index in [1.54, 1.807) is 6.07 Å². The van der Waals surface area contributed by atoms with E-state index in [-0.39, 0.29) is 6.04 Å². The average molecular weight is 349 g/mol. The summed E-state index contributed by atoms with van der Waals surface area (Å²) in [5.74, 6) is 0.871. The van der Waals surface area contributed by atoms with Gasteiger partial charge in [0.2, 0.25) is 0 Å². The SMILES string of the molecule is CNC(Cc1ccc(Cl)cc1Cl)c1ccc(Br)o1. The zero-order valence-electron chi connectivity index (χ0n) is 9.71. The van der Waals surface area contributed by atoms with Crippen molar-refractivity contribution in [2.75, 3.05) is 7.05 Å². The zero-order chi connectivity index (χ0) is 13.1. The lowest BCUT2D eigenvalue weighted by atomic mass is 10.0. The Labute approximate surface area is 124 Å². The van der Waals surface area contributed by atoms with Crippen molar-refractivity contribution in [1.29, 1.82) is 0 Å². The summed E-state index contributed by atoms with van der Waals surface area (Å²) in [6.07, 6.45) is 0.743. The Hall–Kier alpha value is -0.480. The Kier molecular flexibility index (Phi) is 4.73. The van der Waals surface area contributed by atoms with Crippen LogP contribution in [0.3, 0.4) is 0 Å². The highest BCUT2D eigenvalue weighted by atomic mass is 79.9. The van der Waals surface area contributed by atoms with Crippen molar-refractivity contribution < 1.29 is 4.42 Å². The van der Waals surface area contributed by atoms with Crippen molar-refractivity contribution in [2.24, 2.45) is 0 Å². The van der Waals surface area contributed by atoms with Crippen molar-refractivity contribution in [3.8, 4) is 0 Å². The van der Waals surface area contributed by atoms with Crippen LogP contribution in [0.2, 0.25) is 10.0 Å². The second-order valence-corrected chi connectivity index (χ2v) is 5.55. The van der Waals surface area contributed by atoms with Crippen LogP contribution < -0.4 is 5.32 Å². The van der Waals surface area contributed by atoms with Crippen LogP contribution in [0, 0.1) is 0 Å². The lowest BCUT2D eigenvalue weighted by molar-refractivity contribution is 0.417. The summed E-state index contributed by atoms with van der Waals surface area (Å²) in [5.41, 5.74) is 1.04. The van der Waals surface area contributed by atoms with Crippen molar-refractivity contribution in [3.63, 3.8) is 0 Å². The Bertz CT molecular complexity index is 542. The van der Waals surface area contributed by atoms with Crippen LogP contribution >= 0.6 is 39.1 Å². The van der Waals surface area contributed by atoms with Crippen LogP contribution in [-0.2, 0) is 6.42 Å². The maximum atomic E-state index is 6.17. The van der Waals surface area contributed by atoms with Gasteiger partial charge in [0, 0.05) is 10.0 Å². The summed E-state index contributed by atoms with van der Waals surface area (Å²) >= 11 is 15.4. The maximum absolute atomic E-state index is 6.17. The number of likely N-dealkylation sites (N-methyl/N-ethyl adjacent to an activating group) is 1. The van der Waals surface area contributed by atoms with Crippen molar-refractivity contribution in [1.82, 2.24) is 5.32 Å². The number of nitrogens with one attached hydrogen (secondary N) is 1. The summed E-state index contributed by atoms with van der Waals surface area (Å²) in [6.45, 7) is 0. The van der Waals surface area contributed by atoms with Gasteiger partial charge in [-0.25, -0.2) is 0 Å². The molecule has 1 aromatic heterocycles. The van der Waals surface area contributed by atoms with Gasteiger partial charge < -0.3 is 9.73 Å². The molecule has 0 aliphatic rings. The third kappa shape index (κ3) is 3.29. The molecule has 18 heavy (non-hydrogen) atoms. The van der Waals surface area contributed by atoms with Gasteiger partial charge in [-0.2, -0.15) is 0 Å². The molecule has 0 amide bonds. The second kappa shape index (κ2) is 6.11. The molecular formula is C13H12BrCl2NO. The first kappa shape index (κ1) is 13.9. The smallest absolute Gasteiger partial charge is 0.169 e. The molecule has 96 valence electrons. The quantitative estimate of drug-likeness (QED) is 0.854. The minimum atomic E-state index is 0.0787. The maximum Gasteiger partial charge on any atom is 0.169 e. The van der Waals surface area contributed by atoms with Gasteiger partial charge in [-0.15, -0.1) is 0 Å². The highest BCUT2D eigenvalue weighted by Crippen LogP contribution is 2.27. The van der Waals surface area contributed by atoms with Crippen molar-refractivity contribution in [2.45, 2.75) is 12.5 Å². The first-order chi connectivity index (χ1) is 8.60. The highest BCUT2D eigenvalue weighted by molar-refractivity contribution is 9.10. The second-order valence-electron chi connectivity index (χ2n) is 3.92. The number of benzene rings is 1. The van der Waals surface area contributed by atoms with Gasteiger partial charge in [0.15, 0.2) is 4.67 Å². The highest BCUT2D eigenvalue weighted by Gasteiger charge is 2.15. The number of hydrogen-bond acceptors (Lipinski definition) is 2. The molecule has 2 rings (SSSR count). The lowest BCUT2D eigenvalue weighted by Crippen LogP contribution is -2.18. The van der Waals surface area contributed by atoms with Gasteiger partial charge in [0.05, 0.1) is 6.04 Å². The van der Waals surface area contributed by atoms with Crippen LogP contribution in [-0.4, -0.2) is 7.05 Å². The molecule has 0 spiro atoms. The first-order valence-corrected chi connectivity index (χ1v) is 7.01. The van der Waals surface area contributed by atoms with E-state index >= 15 is 0 Å². The Morgan fingerprint density at radius 1 is 1.28 bits per heavy atom. The third-order valence-corrected chi connectivity index (χ3v) is 3.74. The van der Waals surface area contributed by atoms with Gasteiger partial charge in [0.1, 0.15) is 5.76 Å². The lowest BCUT2D eigenvalue weighted by Gasteiger charge is -2.14. The van der Waals surface area contributed by atoms with Gasteiger partial charge in [0.25, 0.3) is 0 Å². The van der Waals surface area contributed by atoms with Gasteiger partial charge >= 0.3 is 0 Å². The van der Waals surface area contributed by atoms with Gasteiger partial charge in [-0.3, -0.25) is 0 Å². The standard InChI is InChI=1S/C13H12BrCl2NO/c1-17-11(12-4-5-13(14)18-12)6-8-2-3-9(15)7-10(8)16/h2-5,7,11,17H,6H2,1H3. The molecule has 0 bridgehead atoms. The Balaban J connectivity index is 2.20. The molecule has 0 saturated heterocycles. The summed E-state index contributed by atoms with van der Waals surface area (Å²) in [7, 11) is 1.89.